The molecule has 15 heavy (non-hydrogen) atoms. The molecule has 0 bridgehead atoms. The molecule has 1 aromatic heterocycles. The minimum Gasteiger partial charge on any atom is -0.351 e. The predicted octanol–water partition coefficient (Wildman–Crippen LogP) is 1.61. The number of imidazole rings is 1. The van der Waals surface area contributed by atoms with E-state index in [1.54, 1.807) is 9.13 Å². The highest BCUT2D eigenvalue weighted by Crippen LogP contribution is 2.29. The lowest BCUT2D eigenvalue weighted by atomic mass is 10.4. The Morgan fingerprint density at radius 1 is 1.00 bits per heavy atom. The highest BCUT2D eigenvalue weighted by Gasteiger charge is 2.25. The van der Waals surface area contributed by atoms with Gasteiger partial charge in [-0.05, 0) is 27.7 Å². The summed E-state index contributed by atoms with van der Waals surface area (Å²) in [7, 11) is 0. The Morgan fingerprint density at radius 2 is 1.40 bits per heavy atom. The lowest BCUT2D eigenvalue weighted by molar-refractivity contribution is 0.523. The minimum atomic E-state index is 0.0599. The lowest BCUT2D eigenvalue weighted by Crippen LogP contribution is -2.29. The molecule has 2 N–H and O–H groups in total. The third-order valence-electron chi connectivity index (χ3n) is 2.66. The second-order valence-electron chi connectivity index (χ2n) is 4.44. The number of aromatic nitrogens is 2. The molecule has 0 saturated carbocycles. The quantitative estimate of drug-likeness (QED) is 0.779. The molecule has 0 spiro atoms. The Labute approximate surface area is 89.1 Å². The largest absolute Gasteiger partial charge is 0.351 e. The first-order valence-electron chi connectivity index (χ1n) is 5.38. The number of rotatable bonds is 2. The molecular formula is C10H18N4O. The van der Waals surface area contributed by atoms with E-state index in [1.165, 1.54) is 0 Å². The summed E-state index contributed by atoms with van der Waals surface area (Å²) >= 11 is 0. The van der Waals surface area contributed by atoms with Crippen LogP contribution < -0.4 is 16.3 Å². The fraction of sp³-hybridized carbons (Fsp3) is 0.700. The van der Waals surface area contributed by atoms with Gasteiger partial charge in [0, 0.05) is 12.1 Å². The molecule has 0 unspecified atom stereocenters. The molecule has 1 aromatic rings. The summed E-state index contributed by atoms with van der Waals surface area (Å²) in [4.78, 5) is 12.1. The molecule has 0 amide bonds. The highest BCUT2D eigenvalue weighted by atomic mass is 16.2. The van der Waals surface area contributed by atoms with Crippen molar-refractivity contribution in [3.8, 4) is 0 Å². The summed E-state index contributed by atoms with van der Waals surface area (Å²) in [5.74, 6) is 1.84. The third-order valence-corrected chi connectivity index (χ3v) is 2.66. The van der Waals surface area contributed by atoms with Crippen molar-refractivity contribution >= 4 is 11.6 Å². The van der Waals surface area contributed by atoms with Crippen LogP contribution in [-0.2, 0) is 0 Å². The zero-order chi connectivity index (χ0) is 11.2. The average Bonchev–Trinajstić information content (AvgIpc) is 2.60. The van der Waals surface area contributed by atoms with Crippen molar-refractivity contribution in [2.24, 2.45) is 0 Å². The SMILES string of the molecule is CC(C)n1c2c(n(C(C)C)c1=O)NCN2. The molecule has 0 saturated heterocycles. The van der Waals surface area contributed by atoms with Crippen LogP contribution in [0.15, 0.2) is 4.79 Å². The van der Waals surface area contributed by atoms with Gasteiger partial charge in [0.05, 0.1) is 6.67 Å². The summed E-state index contributed by atoms with van der Waals surface area (Å²) < 4.78 is 3.60. The molecule has 0 aromatic carbocycles. The molecule has 0 atom stereocenters. The second-order valence-corrected chi connectivity index (χ2v) is 4.44. The number of hydrogen-bond donors (Lipinski definition) is 2. The van der Waals surface area contributed by atoms with E-state index in [1.807, 2.05) is 27.7 Å². The fourth-order valence-corrected chi connectivity index (χ4v) is 2.04. The first-order chi connectivity index (χ1) is 7.04. The van der Waals surface area contributed by atoms with E-state index in [9.17, 15) is 4.79 Å². The Hall–Kier alpha value is -1.39. The van der Waals surface area contributed by atoms with Gasteiger partial charge in [0.15, 0.2) is 11.6 Å². The molecule has 1 aliphatic rings. The van der Waals surface area contributed by atoms with Crippen LogP contribution in [-0.4, -0.2) is 15.8 Å². The van der Waals surface area contributed by atoms with Crippen molar-refractivity contribution < 1.29 is 0 Å². The van der Waals surface area contributed by atoms with Crippen molar-refractivity contribution in [2.75, 3.05) is 17.3 Å². The molecular weight excluding hydrogens is 192 g/mol. The Kier molecular flexibility index (Phi) is 2.25. The molecule has 0 aliphatic carbocycles. The van der Waals surface area contributed by atoms with Crippen LogP contribution in [0.4, 0.5) is 11.6 Å². The van der Waals surface area contributed by atoms with E-state index in [0.717, 1.165) is 11.6 Å². The van der Waals surface area contributed by atoms with Crippen LogP contribution in [0.2, 0.25) is 0 Å². The zero-order valence-corrected chi connectivity index (χ0v) is 9.66. The highest BCUT2D eigenvalue weighted by molar-refractivity contribution is 5.66. The van der Waals surface area contributed by atoms with E-state index >= 15 is 0 Å². The van der Waals surface area contributed by atoms with Gasteiger partial charge in [0.25, 0.3) is 0 Å². The normalized spacial score (nSPS) is 14.3. The molecule has 5 heteroatoms. The number of anilines is 2. The van der Waals surface area contributed by atoms with E-state index in [4.69, 9.17) is 0 Å². The zero-order valence-electron chi connectivity index (χ0n) is 9.66. The summed E-state index contributed by atoms with van der Waals surface area (Å²) in [6.45, 7) is 8.78. The number of hydrogen-bond acceptors (Lipinski definition) is 3. The van der Waals surface area contributed by atoms with Crippen LogP contribution in [0.1, 0.15) is 39.8 Å². The molecule has 2 heterocycles. The van der Waals surface area contributed by atoms with E-state index < -0.39 is 0 Å². The fourth-order valence-electron chi connectivity index (χ4n) is 2.04. The molecule has 84 valence electrons. The van der Waals surface area contributed by atoms with Gasteiger partial charge in [0.1, 0.15) is 0 Å². The van der Waals surface area contributed by atoms with Crippen molar-refractivity contribution in [3.63, 3.8) is 0 Å². The van der Waals surface area contributed by atoms with Gasteiger partial charge in [0.2, 0.25) is 0 Å². The van der Waals surface area contributed by atoms with Crippen molar-refractivity contribution in [1.82, 2.24) is 9.13 Å². The molecule has 2 rings (SSSR count). The molecule has 5 nitrogen and oxygen atoms in total. The first kappa shape index (κ1) is 10.1. The Bertz CT molecular complexity index is 391. The van der Waals surface area contributed by atoms with Crippen molar-refractivity contribution in [3.05, 3.63) is 10.5 Å². The third kappa shape index (κ3) is 1.33. The van der Waals surface area contributed by atoms with Crippen molar-refractivity contribution in [1.29, 1.82) is 0 Å². The van der Waals surface area contributed by atoms with Gasteiger partial charge in [-0.25, -0.2) is 4.79 Å². The summed E-state index contributed by atoms with van der Waals surface area (Å²) in [6.07, 6.45) is 0. The van der Waals surface area contributed by atoms with Gasteiger partial charge in [-0.15, -0.1) is 0 Å². The van der Waals surface area contributed by atoms with E-state index in [0.29, 0.717) is 6.67 Å². The van der Waals surface area contributed by atoms with Gasteiger partial charge in [-0.1, -0.05) is 0 Å². The first-order valence-corrected chi connectivity index (χ1v) is 5.38. The summed E-state index contributed by atoms with van der Waals surface area (Å²) in [5.41, 5.74) is 0.0599. The maximum atomic E-state index is 12.1. The minimum absolute atomic E-state index is 0.0599. The maximum absolute atomic E-state index is 12.1. The van der Waals surface area contributed by atoms with Gasteiger partial charge < -0.3 is 10.6 Å². The van der Waals surface area contributed by atoms with Crippen molar-refractivity contribution in [2.45, 2.75) is 39.8 Å². The Morgan fingerprint density at radius 3 is 1.73 bits per heavy atom. The monoisotopic (exact) mass is 210 g/mol. The summed E-state index contributed by atoms with van der Waals surface area (Å²) in [6, 6.07) is 0.359. The van der Waals surface area contributed by atoms with Gasteiger partial charge >= 0.3 is 5.69 Å². The second kappa shape index (κ2) is 3.32. The molecule has 0 radical (unpaired) electrons. The van der Waals surface area contributed by atoms with Crippen LogP contribution in [0.5, 0.6) is 0 Å². The maximum Gasteiger partial charge on any atom is 0.331 e. The number of nitrogens with one attached hydrogen (secondary N) is 2. The van der Waals surface area contributed by atoms with E-state index in [-0.39, 0.29) is 17.8 Å². The van der Waals surface area contributed by atoms with Crippen LogP contribution in [0.25, 0.3) is 0 Å². The number of nitrogens with zero attached hydrogens (tertiary/aromatic N) is 2. The smallest absolute Gasteiger partial charge is 0.331 e. The summed E-state index contributed by atoms with van der Waals surface area (Å²) in [5, 5.41) is 6.39. The van der Waals surface area contributed by atoms with Crippen LogP contribution in [0, 0.1) is 0 Å². The predicted molar refractivity (Wildman–Crippen MR) is 61.6 cm³/mol. The number of fused-ring (bicyclic) bond motifs is 1. The molecule has 0 fully saturated rings. The lowest BCUT2D eigenvalue weighted by Gasteiger charge is -2.10. The molecule has 1 aliphatic heterocycles. The van der Waals surface area contributed by atoms with Gasteiger partial charge in [-0.2, -0.15) is 0 Å². The van der Waals surface area contributed by atoms with E-state index in [2.05, 4.69) is 10.6 Å². The topological polar surface area (TPSA) is 51.0 Å². The Balaban J connectivity index is 2.68. The average molecular weight is 210 g/mol. The van der Waals surface area contributed by atoms with Crippen LogP contribution in [0.3, 0.4) is 0 Å². The van der Waals surface area contributed by atoms with Crippen LogP contribution >= 0.6 is 0 Å². The standard InChI is InChI=1S/C10H18N4O/c1-6(2)13-8-9(12-5-11-8)14(7(3)4)10(13)15/h6-7,11-12H,5H2,1-4H3. The van der Waals surface area contributed by atoms with Gasteiger partial charge in [-0.3, -0.25) is 9.13 Å².